The zero-order valence-electron chi connectivity index (χ0n) is 17.7. The van der Waals surface area contributed by atoms with Gasteiger partial charge in [0, 0.05) is 33.3 Å². The predicted molar refractivity (Wildman–Crippen MR) is 125 cm³/mol. The molecule has 1 fully saturated rings. The summed E-state index contributed by atoms with van der Waals surface area (Å²) in [7, 11) is 0. The Morgan fingerprint density at radius 3 is 2.52 bits per heavy atom. The van der Waals surface area contributed by atoms with Gasteiger partial charge in [-0.05, 0) is 35.4 Å². The summed E-state index contributed by atoms with van der Waals surface area (Å²) in [5, 5.41) is 40.8. The fourth-order valence-corrected chi connectivity index (χ4v) is 5.20. The molecule has 0 bridgehead atoms. The maximum Gasteiger partial charge on any atom is 0.229 e. The summed E-state index contributed by atoms with van der Waals surface area (Å²) in [5.74, 6) is 0.480. The maximum atomic E-state index is 10.4. The highest BCUT2D eigenvalue weighted by Gasteiger charge is 2.44. The third-order valence-corrected chi connectivity index (χ3v) is 7.06. The Hall–Kier alpha value is -2.72. The summed E-state index contributed by atoms with van der Waals surface area (Å²) in [4.78, 5) is 5.65. The molecule has 8 heteroatoms. The number of aromatic nitrogens is 1. The van der Waals surface area contributed by atoms with Crippen LogP contribution in [0.2, 0.25) is 0 Å². The molecule has 1 saturated heterocycles. The first-order chi connectivity index (χ1) is 16.0. The number of aliphatic hydroxyl groups excluding tert-OH is 4. The van der Waals surface area contributed by atoms with Crippen molar-refractivity contribution in [2.45, 2.75) is 37.1 Å². The van der Waals surface area contributed by atoms with E-state index in [1.54, 1.807) is 17.4 Å². The van der Waals surface area contributed by atoms with Crippen molar-refractivity contribution in [1.29, 1.82) is 0 Å². The third-order valence-electron chi connectivity index (χ3n) is 5.93. The standard InChI is InChI=1S/C25H25NO6S/c27-13-19-22(28)23(29)24(30)25(32-19)31-18-8-4-7-17-21(18)15(12-26-17)11-16-9-10-20(33-16)14-5-2-1-3-6-14/h1-10,12,19,22-30H,11,13H2/t19-,22-,23+,24-,25-/m1/s1. The topological polar surface area (TPSA) is 115 Å². The van der Waals surface area contributed by atoms with Gasteiger partial charge in [0.05, 0.1) is 6.61 Å². The average Bonchev–Trinajstić information content (AvgIpc) is 3.48. The Morgan fingerprint density at radius 1 is 0.909 bits per heavy atom. The van der Waals surface area contributed by atoms with Gasteiger partial charge in [0.25, 0.3) is 0 Å². The lowest BCUT2D eigenvalue weighted by Gasteiger charge is -2.39. The molecule has 172 valence electrons. The van der Waals surface area contributed by atoms with Crippen molar-refractivity contribution < 1.29 is 29.9 Å². The first kappa shape index (κ1) is 22.1. The quantitative estimate of drug-likeness (QED) is 0.298. The van der Waals surface area contributed by atoms with E-state index >= 15 is 0 Å². The van der Waals surface area contributed by atoms with Crippen molar-refractivity contribution in [3.05, 3.63) is 77.3 Å². The van der Waals surface area contributed by atoms with Crippen LogP contribution in [0.3, 0.4) is 0 Å². The van der Waals surface area contributed by atoms with Gasteiger partial charge in [0.15, 0.2) is 0 Å². The lowest BCUT2D eigenvalue weighted by Crippen LogP contribution is -2.60. The highest BCUT2D eigenvalue weighted by molar-refractivity contribution is 7.15. The number of ether oxygens (including phenoxy) is 2. The van der Waals surface area contributed by atoms with Crippen LogP contribution in [0.4, 0.5) is 0 Å². The number of fused-ring (bicyclic) bond motifs is 1. The fraction of sp³-hybridized carbons (Fsp3) is 0.280. The Morgan fingerprint density at radius 2 is 1.73 bits per heavy atom. The van der Waals surface area contributed by atoms with Gasteiger partial charge in [0.2, 0.25) is 6.29 Å². The lowest BCUT2D eigenvalue weighted by molar-refractivity contribution is -0.277. The highest BCUT2D eigenvalue weighted by atomic mass is 32.1. The second-order valence-corrected chi connectivity index (χ2v) is 9.28. The SMILES string of the molecule is OC[C@H]1O[C@@H](Oc2cccc3[nH]cc(Cc4ccc(-c5ccccc5)s4)c23)[C@H](O)[C@@H](O)[C@@H]1O. The molecule has 7 nitrogen and oxygen atoms in total. The average molecular weight is 468 g/mol. The van der Waals surface area contributed by atoms with Crippen LogP contribution in [0, 0.1) is 0 Å². The van der Waals surface area contributed by atoms with Crippen molar-refractivity contribution in [1.82, 2.24) is 4.98 Å². The monoisotopic (exact) mass is 467 g/mol. The van der Waals surface area contributed by atoms with Gasteiger partial charge in [0.1, 0.15) is 30.2 Å². The Labute approximate surface area is 194 Å². The molecule has 0 radical (unpaired) electrons. The van der Waals surface area contributed by atoms with Crippen LogP contribution in [0.15, 0.2) is 66.9 Å². The molecule has 1 aliphatic rings. The van der Waals surface area contributed by atoms with Crippen molar-refractivity contribution >= 4 is 22.2 Å². The number of benzene rings is 2. The van der Waals surface area contributed by atoms with E-state index in [9.17, 15) is 20.4 Å². The molecule has 5 rings (SSSR count). The fourth-order valence-electron chi connectivity index (χ4n) is 4.17. The molecule has 33 heavy (non-hydrogen) atoms. The smallest absolute Gasteiger partial charge is 0.229 e. The third kappa shape index (κ3) is 4.29. The number of thiophene rings is 1. The number of hydrogen-bond acceptors (Lipinski definition) is 7. The number of hydrogen-bond donors (Lipinski definition) is 5. The van der Waals surface area contributed by atoms with Gasteiger partial charge in [-0.2, -0.15) is 0 Å². The van der Waals surface area contributed by atoms with Crippen LogP contribution < -0.4 is 4.74 Å². The second kappa shape index (κ2) is 9.26. The van der Waals surface area contributed by atoms with Crippen LogP contribution in [0.25, 0.3) is 21.3 Å². The summed E-state index contributed by atoms with van der Waals surface area (Å²) in [6.07, 6.45) is -4.03. The molecule has 2 aromatic carbocycles. The molecular formula is C25H25NO6S. The van der Waals surface area contributed by atoms with Crippen molar-refractivity contribution in [2.75, 3.05) is 6.61 Å². The van der Waals surface area contributed by atoms with Gasteiger partial charge < -0.3 is 34.9 Å². The second-order valence-electron chi connectivity index (χ2n) is 8.12. The lowest BCUT2D eigenvalue weighted by atomic mass is 9.99. The molecule has 0 saturated carbocycles. The van der Waals surface area contributed by atoms with E-state index in [0.29, 0.717) is 12.2 Å². The van der Waals surface area contributed by atoms with Crippen molar-refractivity contribution in [3.8, 4) is 16.2 Å². The van der Waals surface area contributed by atoms with Gasteiger partial charge in [-0.1, -0.05) is 36.4 Å². The number of nitrogens with one attached hydrogen (secondary N) is 1. The van der Waals surface area contributed by atoms with E-state index < -0.39 is 37.3 Å². The predicted octanol–water partition coefficient (Wildman–Crippen LogP) is 2.67. The Balaban J connectivity index is 1.42. The molecular weight excluding hydrogens is 442 g/mol. The minimum Gasteiger partial charge on any atom is -0.461 e. The van der Waals surface area contributed by atoms with Gasteiger partial charge >= 0.3 is 0 Å². The van der Waals surface area contributed by atoms with E-state index in [1.165, 1.54) is 15.3 Å². The molecule has 4 aromatic rings. The highest BCUT2D eigenvalue weighted by Crippen LogP contribution is 2.35. The molecule has 0 aliphatic carbocycles. The minimum absolute atomic E-state index is 0.480. The van der Waals surface area contributed by atoms with Crippen LogP contribution >= 0.6 is 11.3 Å². The summed E-state index contributed by atoms with van der Waals surface area (Å²) in [6, 6.07) is 20.0. The van der Waals surface area contributed by atoms with Crippen LogP contribution in [0.5, 0.6) is 5.75 Å². The van der Waals surface area contributed by atoms with Crippen molar-refractivity contribution in [2.24, 2.45) is 0 Å². The minimum atomic E-state index is -1.49. The number of aliphatic hydroxyl groups is 4. The Kier molecular flexibility index (Phi) is 6.20. The van der Waals surface area contributed by atoms with Gasteiger partial charge in [-0.15, -0.1) is 11.3 Å². The van der Waals surface area contributed by atoms with Gasteiger partial charge in [-0.25, -0.2) is 0 Å². The zero-order chi connectivity index (χ0) is 22.9. The normalized spacial score (nSPS) is 25.4. The van der Waals surface area contributed by atoms with E-state index in [-0.39, 0.29) is 0 Å². The number of rotatable bonds is 6. The van der Waals surface area contributed by atoms with Crippen LogP contribution in [-0.4, -0.2) is 62.7 Å². The van der Waals surface area contributed by atoms with E-state index in [1.807, 2.05) is 36.5 Å². The van der Waals surface area contributed by atoms with Crippen LogP contribution in [-0.2, 0) is 11.2 Å². The molecule has 3 heterocycles. The van der Waals surface area contributed by atoms with Gasteiger partial charge in [-0.3, -0.25) is 0 Å². The first-order valence-corrected chi connectivity index (χ1v) is 11.6. The molecule has 1 aliphatic heterocycles. The number of aromatic amines is 1. The molecule has 2 aromatic heterocycles. The summed E-state index contributed by atoms with van der Waals surface area (Å²) < 4.78 is 11.5. The largest absolute Gasteiger partial charge is 0.461 e. The molecule has 0 amide bonds. The van der Waals surface area contributed by atoms with Crippen LogP contribution in [0.1, 0.15) is 10.4 Å². The van der Waals surface area contributed by atoms with E-state index in [0.717, 1.165) is 16.5 Å². The molecule has 0 unspecified atom stereocenters. The maximum absolute atomic E-state index is 10.4. The molecule has 0 spiro atoms. The Bertz CT molecular complexity index is 1220. The summed E-state index contributed by atoms with van der Waals surface area (Å²) >= 11 is 1.73. The van der Waals surface area contributed by atoms with Crippen molar-refractivity contribution in [3.63, 3.8) is 0 Å². The van der Waals surface area contributed by atoms with E-state index in [2.05, 4.69) is 29.2 Å². The first-order valence-electron chi connectivity index (χ1n) is 10.8. The van der Waals surface area contributed by atoms with E-state index in [4.69, 9.17) is 9.47 Å². The summed E-state index contributed by atoms with van der Waals surface area (Å²) in [6.45, 7) is -0.507. The zero-order valence-corrected chi connectivity index (χ0v) is 18.5. The molecule has 5 N–H and O–H groups in total. The number of H-pyrrole nitrogens is 1. The molecule has 5 atom stereocenters. The summed E-state index contributed by atoms with van der Waals surface area (Å²) in [5.41, 5.74) is 3.07.